The van der Waals surface area contributed by atoms with Crippen LogP contribution in [0.25, 0.3) is 0 Å². The summed E-state index contributed by atoms with van der Waals surface area (Å²) >= 11 is 0. The molecule has 2 heterocycles. The Bertz CT molecular complexity index is 264. The Hall–Kier alpha value is -0.340. The van der Waals surface area contributed by atoms with Gasteiger partial charge in [0.25, 0.3) is 0 Å². The summed E-state index contributed by atoms with van der Waals surface area (Å²) in [5.74, 6) is 1.77. The summed E-state index contributed by atoms with van der Waals surface area (Å²) in [6.07, 6.45) is 2.77. The van der Waals surface area contributed by atoms with Crippen molar-refractivity contribution in [2.24, 2.45) is 11.8 Å². The maximum atomic E-state index is 4.03. The predicted molar refractivity (Wildman–Crippen MR) is 74.2 cm³/mol. The molecule has 0 aliphatic carbocycles. The lowest BCUT2D eigenvalue weighted by Gasteiger charge is -2.38. The number of hydrogen-bond donors (Lipinski definition) is 0. The molecule has 0 spiro atoms. The van der Waals surface area contributed by atoms with Crippen molar-refractivity contribution < 1.29 is 0 Å². The Labute approximate surface area is 107 Å². The molecule has 2 rings (SSSR count). The van der Waals surface area contributed by atoms with Crippen LogP contribution in [-0.2, 0) is 0 Å². The van der Waals surface area contributed by atoms with E-state index in [9.17, 15) is 0 Å². The molecule has 2 heteroatoms. The molecule has 17 heavy (non-hydrogen) atoms. The number of nitrogens with zero attached hydrogens (tertiary/aromatic N) is 2. The van der Waals surface area contributed by atoms with E-state index in [-0.39, 0.29) is 0 Å². The number of hydrogen-bond acceptors (Lipinski definition) is 2. The second-order valence-electron chi connectivity index (χ2n) is 6.53. The SMILES string of the molecule is C=C(C)CN1CCC(N2CC(C)CC(C)C2)C1. The Morgan fingerprint density at radius 1 is 1.18 bits per heavy atom. The summed E-state index contributed by atoms with van der Waals surface area (Å²) in [6, 6.07) is 0.805. The largest absolute Gasteiger partial charge is 0.299 e. The zero-order valence-corrected chi connectivity index (χ0v) is 11.8. The van der Waals surface area contributed by atoms with E-state index in [0.29, 0.717) is 0 Å². The van der Waals surface area contributed by atoms with Gasteiger partial charge in [-0.3, -0.25) is 9.80 Å². The average molecular weight is 236 g/mol. The fourth-order valence-electron chi connectivity index (χ4n) is 3.64. The van der Waals surface area contributed by atoms with Crippen LogP contribution in [0.2, 0.25) is 0 Å². The Morgan fingerprint density at radius 2 is 1.82 bits per heavy atom. The van der Waals surface area contributed by atoms with E-state index >= 15 is 0 Å². The highest BCUT2D eigenvalue weighted by Gasteiger charge is 2.31. The van der Waals surface area contributed by atoms with Gasteiger partial charge < -0.3 is 0 Å². The van der Waals surface area contributed by atoms with E-state index in [0.717, 1.165) is 24.4 Å². The molecule has 0 saturated carbocycles. The van der Waals surface area contributed by atoms with E-state index in [1.807, 2.05) is 0 Å². The van der Waals surface area contributed by atoms with Crippen LogP contribution in [-0.4, -0.2) is 48.6 Å². The van der Waals surface area contributed by atoms with Gasteiger partial charge in [0.05, 0.1) is 0 Å². The lowest BCUT2D eigenvalue weighted by molar-refractivity contribution is 0.0980. The van der Waals surface area contributed by atoms with E-state index in [1.54, 1.807) is 0 Å². The number of likely N-dealkylation sites (tertiary alicyclic amines) is 2. The minimum atomic E-state index is 0.805. The topological polar surface area (TPSA) is 6.48 Å². The van der Waals surface area contributed by atoms with Gasteiger partial charge in [-0.1, -0.05) is 26.0 Å². The molecule has 0 bridgehead atoms. The van der Waals surface area contributed by atoms with Gasteiger partial charge in [0.1, 0.15) is 0 Å². The third-order valence-electron chi connectivity index (χ3n) is 4.15. The summed E-state index contributed by atoms with van der Waals surface area (Å²) in [5, 5.41) is 0. The molecule has 3 atom stereocenters. The van der Waals surface area contributed by atoms with Crippen molar-refractivity contribution in [2.75, 3.05) is 32.7 Å². The molecule has 0 aromatic rings. The highest BCUT2D eigenvalue weighted by Crippen LogP contribution is 2.26. The standard InChI is InChI=1S/C15H28N2/c1-12(2)8-16-6-5-15(11-16)17-9-13(3)7-14(4)10-17/h13-15H,1,5-11H2,2-4H3. The molecule has 0 aromatic carbocycles. The summed E-state index contributed by atoms with van der Waals surface area (Å²) in [7, 11) is 0. The van der Waals surface area contributed by atoms with Crippen LogP contribution in [0, 0.1) is 11.8 Å². The van der Waals surface area contributed by atoms with Gasteiger partial charge in [0.2, 0.25) is 0 Å². The minimum Gasteiger partial charge on any atom is -0.299 e. The molecule has 2 saturated heterocycles. The van der Waals surface area contributed by atoms with Gasteiger partial charge in [-0.2, -0.15) is 0 Å². The Morgan fingerprint density at radius 3 is 2.41 bits per heavy atom. The normalized spacial score (nSPS) is 36.3. The van der Waals surface area contributed by atoms with Gasteiger partial charge in [-0.25, -0.2) is 0 Å². The summed E-state index contributed by atoms with van der Waals surface area (Å²) in [6.45, 7) is 17.2. The van der Waals surface area contributed by atoms with Gasteiger partial charge >= 0.3 is 0 Å². The number of rotatable bonds is 3. The molecule has 98 valence electrons. The first-order valence-electron chi connectivity index (χ1n) is 7.15. The highest BCUT2D eigenvalue weighted by molar-refractivity contribution is 4.96. The van der Waals surface area contributed by atoms with E-state index in [1.165, 1.54) is 44.6 Å². The molecule has 0 amide bonds. The van der Waals surface area contributed by atoms with Crippen LogP contribution in [0.3, 0.4) is 0 Å². The van der Waals surface area contributed by atoms with Crippen molar-refractivity contribution >= 4 is 0 Å². The molecular formula is C15H28N2. The molecule has 2 aliphatic heterocycles. The summed E-state index contributed by atoms with van der Waals surface area (Å²) in [5.41, 5.74) is 1.30. The van der Waals surface area contributed by atoms with Crippen molar-refractivity contribution in [3.05, 3.63) is 12.2 Å². The lowest BCUT2D eigenvalue weighted by Crippen LogP contribution is -2.46. The summed E-state index contributed by atoms with van der Waals surface area (Å²) in [4.78, 5) is 5.31. The third kappa shape index (κ3) is 3.56. The Kier molecular flexibility index (Phi) is 4.26. The van der Waals surface area contributed by atoms with E-state index < -0.39 is 0 Å². The number of piperidine rings is 1. The van der Waals surface area contributed by atoms with Crippen LogP contribution >= 0.6 is 0 Å². The van der Waals surface area contributed by atoms with Crippen molar-refractivity contribution in [3.63, 3.8) is 0 Å². The molecule has 0 radical (unpaired) electrons. The fraction of sp³-hybridized carbons (Fsp3) is 0.867. The zero-order valence-electron chi connectivity index (χ0n) is 11.8. The minimum absolute atomic E-state index is 0.805. The van der Waals surface area contributed by atoms with Gasteiger partial charge in [-0.05, 0) is 31.6 Å². The first-order valence-corrected chi connectivity index (χ1v) is 7.15. The van der Waals surface area contributed by atoms with Gasteiger partial charge in [-0.15, -0.1) is 0 Å². The summed E-state index contributed by atoms with van der Waals surface area (Å²) < 4.78 is 0. The molecule has 0 N–H and O–H groups in total. The maximum absolute atomic E-state index is 4.03. The smallest absolute Gasteiger partial charge is 0.0235 e. The zero-order chi connectivity index (χ0) is 12.4. The lowest BCUT2D eigenvalue weighted by atomic mass is 9.91. The van der Waals surface area contributed by atoms with Crippen LogP contribution in [0.1, 0.15) is 33.6 Å². The Balaban J connectivity index is 1.85. The van der Waals surface area contributed by atoms with Crippen molar-refractivity contribution in [3.8, 4) is 0 Å². The van der Waals surface area contributed by atoms with Gasteiger partial charge in [0.15, 0.2) is 0 Å². The van der Waals surface area contributed by atoms with E-state index in [4.69, 9.17) is 0 Å². The molecule has 3 unspecified atom stereocenters. The van der Waals surface area contributed by atoms with Crippen LogP contribution < -0.4 is 0 Å². The maximum Gasteiger partial charge on any atom is 0.0235 e. The molecule has 2 fully saturated rings. The molecular weight excluding hydrogens is 208 g/mol. The average Bonchev–Trinajstić information content (AvgIpc) is 2.63. The van der Waals surface area contributed by atoms with E-state index in [2.05, 4.69) is 37.1 Å². The second-order valence-corrected chi connectivity index (χ2v) is 6.53. The fourth-order valence-corrected chi connectivity index (χ4v) is 3.64. The molecule has 0 aromatic heterocycles. The second kappa shape index (κ2) is 5.53. The predicted octanol–water partition coefficient (Wildman–Crippen LogP) is 2.61. The molecule has 2 nitrogen and oxygen atoms in total. The van der Waals surface area contributed by atoms with Crippen LogP contribution in [0.4, 0.5) is 0 Å². The highest BCUT2D eigenvalue weighted by atomic mass is 15.3. The molecule has 2 aliphatic rings. The first kappa shape index (κ1) is 13.1. The van der Waals surface area contributed by atoms with Gasteiger partial charge in [0, 0.05) is 38.8 Å². The first-order chi connectivity index (χ1) is 8.04. The monoisotopic (exact) mass is 236 g/mol. The van der Waals surface area contributed by atoms with Crippen molar-refractivity contribution in [1.82, 2.24) is 9.80 Å². The quantitative estimate of drug-likeness (QED) is 0.695. The van der Waals surface area contributed by atoms with Crippen molar-refractivity contribution in [2.45, 2.75) is 39.7 Å². The van der Waals surface area contributed by atoms with Crippen LogP contribution in [0.5, 0.6) is 0 Å². The van der Waals surface area contributed by atoms with Crippen molar-refractivity contribution in [1.29, 1.82) is 0 Å². The van der Waals surface area contributed by atoms with Crippen LogP contribution in [0.15, 0.2) is 12.2 Å². The third-order valence-corrected chi connectivity index (χ3v) is 4.15.